The number of benzene rings is 2. The molecule has 0 aliphatic heterocycles. The monoisotopic (exact) mass is 420 g/mol. The Morgan fingerprint density at radius 1 is 1.15 bits per heavy atom. The molecule has 8 heteroatoms. The number of hydrazone groups is 1. The maximum Gasteiger partial charge on any atom is 0.343 e. The molecule has 1 amide bonds. The third-order valence-corrected chi connectivity index (χ3v) is 3.95. The second kappa shape index (κ2) is 9.57. The van der Waals surface area contributed by atoms with Crippen LogP contribution in [0.2, 0.25) is 0 Å². The van der Waals surface area contributed by atoms with Crippen molar-refractivity contribution in [2.45, 2.75) is 0 Å². The Morgan fingerprint density at radius 3 is 2.62 bits per heavy atom. The average Bonchev–Trinajstić information content (AvgIpc) is 2.66. The molecule has 136 valence electrons. The van der Waals surface area contributed by atoms with Crippen LogP contribution in [-0.4, -0.2) is 38.9 Å². The lowest BCUT2D eigenvalue weighted by molar-refractivity contribution is -0.142. The minimum absolute atomic E-state index is 0.220. The standard InChI is InChI=1S/C18H17BrN2O5/c1-24-16-9-12(7-8-15(16)26-11-17(22)25-2)10-20-21-18(23)13-5-3-4-6-14(13)19/h3-10H,11H2,1-2H3,(H,21,23)/b20-10-. The molecule has 7 nitrogen and oxygen atoms in total. The number of carbonyl (C=O) groups is 2. The van der Waals surface area contributed by atoms with Gasteiger partial charge >= 0.3 is 5.97 Å². The molecule has 0 radical (unpaired) electrons. The average molecular weight is 421 g/mol. The van der Waals surface area contributed by atoms with Gasteiger partial charge in [0.2, 0.25) is 0 Å². The number of carbonyl (C=O) groups excluding carboxylic acids is 2. The van der Waals surface area contributed by atoms with Crippen LogP contribution in [0.3, 0.4) is 0 Å². The maximum absolute atomic E-state index is 12.1. The molecule has 0 saturated carbocycles. The fourth-order valence-corrected chi connectivity index (χ4v) is 2.42. The van der Waals surface area contributed by atoms with Crippen LogP contribution in [0.15, 0.2) is 52.0 Å². The van der Waals surface area contributed by atoms with E-state index < -0.39 is 5.97 Å². The van der Waals surface area contributed by atoms with Crippen LogP contribution < -0.4 is 14.9 Å². The predicted molar refractivity (Wildman–Crippen MR) is 99.7 cm³/mol. The number of nitrogens with one attached hydrogen (secondary N) is 1. The largest absolute Gasteiger partial charge is 0.493 e. The van der Waals surface area contributed by atoms with Gasteiger partial charge in [0, 0.05) is 4.47 Å². The van der Waals surface area contributed by atoms with Gasteiger partial charge in [-0.2, -0.15) is 5.10 Å². The van der Waals surface area contributed by atoms with E-state index in [9.17, 15) is 9.59 Å². The number of hydrogen-bond donors (Lipinski definition) is 1. The van der Waals surface area contributed by atoms with Crippen molar-refractivity contribution in [3.8, 4) is 11.5 Å². The summed E-state index contributed by atoms with van der Waals surface area (Å²) in [4.78, 5) is 23.2. The number of halogens is 1. The number of hydrogen-bond acceptors (Lipinski definition) is 6. The first-order chi connectivity index (χ1) is 12.5. The van der Waals surface area contributed by atoms with Crippen LogP contribution in [0.4, 0.5) is 0 Å². The third kappa shape index (κ3) is 5.32. The lowest BCUT2D eigenvalue weighted by Crippen LogP contribution is -2.18. The number of rotatable bonds is 7. The topological polar surface area (TPSA) is 86.2 Å². The highest BCUT2D eigenvalue weighted by molar-refractivity contribution is 9.10. The maximum atomic E-state index is 12.1. The second-order valence-electron chi connectivity index (χ2n) is 4.95. The van der Waals surface area contributed by atoms with E-state index in [1.807, 2.05) is 6.07 Å². The van der Waals surface area contributed by atoms with Gasteiger partial charge in [-0.15, -0.1) is 0 Å². The number of methoxy groups -OCH3 is 2. The minimum Gasteiger partial charge on any atom is -0.493 e. The first-order valence-electron chi connectivity index (χ1n) is 7.50. The highest BCUT2D eigenvalue weighted by atomic mass is 79.9. The number of nitrogens with zero attached hydrogens (tertiary/aromatic N) is 1. The summed E-state index contributed by atoms with van der Waals surface area (Å²) in [5.74, 6) is -0.00603. The molecular formula is C18H17BrN2O5. The van der Waals surface area contributed by atoms with Crippen molar-refractivity contribution in [3.05, 3.63) is 58.1 Å². The van der Waals surface area contributed by atoms with Crippen LogP contribution >= 0.6 is 15.9 Å². The number of esters is 1. The van der Waals surface area contributed by atoms with Gasteiger partial charge < -0.3 is 14.2 Å². The van der Waals surface area contributed by atoms with Crippen LogP contribution in [0.25, 0.3) is 0 Å². The van der Waals surface area contributed by atoms with Gasteiger partial charge in [-0.05, 0) is 51.8 Å². The van der Waals surface area contributed by atoms with E-state index in [2.05, 4.69) is 31.2 Å². The van der Waals surface area contributed by atoms with Crippen LogP contribution in [0.5, 0.6) is 11.5 Å². The van der Waals surface area contributed by atoms with Crippen LogP contribution in [0, 0.1) is 0 Å². The lowest BCUT2D eigenvalue weighted by atomic mass is 10.2. The normalized spacial score (nSPS) is 10.4. The summed E-state index contributed by atoms with van der Waals surface area (Å²) in [6.07, 6.45) is 1.47. The van der Waals surface area contributed by atoms with E-state index in [-0.39, 0.29) is 12.5 Å². The van der Waals surface area contributed by atoms with Gasteiger partial charge in [0.25, 0.3) is 5.91 Å². The summed E-state index contributed by atoms with van der Waals surface area (Å²) in [5.41, 5.74) is 3.62. The quantitative estimate of drug-likeness (QED) is 0.422. The molecule has 0 heterocycles. The van der Waals surface area contributed by atoms with Gasteiger partial charge in [0.1, 0.15) is 0 Å². The zero-order chi connectivity index (χ0) is 18.9. The first-order valence-corrected chi connectivity index (χ1v) is 8.30. The van der Waals surface area contributed by atoms with Crippen molar-refractivity contribution in [2.24, 2.45) is 5.10 Å². The van der Waals surface area contributed by atoms with Crippen molar-refractivity contribution in [3.63, 3.8) is 0 Å². The highest BCUT2D eigenvalue weighted by Crippen LogP contribution is 2.27. The predicted octanol–water partition coefficient (Wildman–Crippen LogP) is 2.77. The Morgan fingerprint density at radius 2 is 1.92 bits per heavy atom. The van der Waals surface area contributed by atoms with E-state index in [1.54, 1.807) is 36.4 Å². The van der Waals surface area contributed by atoms with E-state index in [1.165, 1.54) is 20.4 Å². The molecular weight excluding hydrogens is 404 g/mol. The number of amides is 1. The SMILES string of the molecule is COC(=O)COc1ccc(/C=N\NC(=O)c2ccccc2Br)cc1OC. The van der Waals surface area contributed by atoms with Crippen molar-refractivity contribution >= 4 is 34.0 Å². The van der Waals surface area contributed by atoms with E-state index >= 15 is 0 Å². The molecule has 0 unspecified atom stereocenters. The molecule has 0 atom stereocenters. The first kappa shape index (κ1) is 19.5. The molecule has 2 rings (SSSR count). The van der Waals surface area contributed by atoms with Gasteiger partial charge in [0.15, 0.2) is 18.1 Å². The summed E-state index contributed by atoms with van der Waals surface area (Å²) >= 11 is 3.31. The molecule has 0 aliphatic carbocycles. The van der Waals surface area contributed by atoms with Gasteiger partial charge in [-0.3, -0.25) is 4.79 Å². The van der Waals surface area contributed by atoms with Crippen molar-refractivity contribution in [1.82, 2.24) is 5.43 Å². The molecule has 0 fully saturated rings. The summed E-state index contributed by atoms with van der Waals surface area (Å²) in [7, 11) is 2.76. The molecule has 0 aliphatic rings. The van der Waals surface area contributed by atoms with Crippen molar-refractivity contribution in [2.75, 3.05) is 20.8 Å². The Kier molecular flexibility index (Phi) is 7.16. The van der Waals surface area contributed by atoms with E-state index in [0.29, 0.717) is 27.1 Å². The Labute approximate surface area is 159 Å². The Balaban J connectivity index is 2.02. The molecule has 2 aromatic rings. The van der Waals surface area contributed by atoms with Crippen LogP contribution in [-0.2, 0) is 9.53 Å². The Hall–Kier alpha value is -2.87. The van der Waals surface area contributed by atoms with Gasteiger partial charge in [-0.1, -0.05) is 12.1 Å². The molecule has 2 aromatic carbocycles. The Bertz CT molecular complexity index is 823. The summed E-state index contributed by atoms with van der Waals surface area (Å²) < 4.78 is 15.8. The highest BCUT2D eigenvalue weighted by Gasteiger charge is 2.09. The molecule has 0 aromatic heterocycles. The van der Waals surface area contributed by atoms with Crippen molar-refractivity contribution < 1.29 is 23.8 Å². The van der Waals surface area contributed by atoms with Crippen LogP contribution in [0.1, 0.15) is 15.9 Å². The van der Waals surface area contributed by atoms with E-state index in [4.69, 9.17) is 9.47 Å². The molecule has 1 N–H and O–H groups in total. The van der Waals surface area contributed by atoms with Gasteiger partial charge in [-0.25, -0.2) is 10.2 Å². The summed E-state index contributed by atoms with van der Waals surface area (Å²) in [6, 6.07) is 12.1. The zero-order valence-corrected chi connectivity index (χ0v) is 15.8. The summed E-state index contributed by atoms with van der Waals surface area (Å²) in [5, 5.41) is 3.94. The summed E-state index contributed by atoms with van der Waals surface area (Å²) in [6.45, 7) is -0.220. The molecule has 26 heavy (non-hydrogen) atoms. The lowest BCUT2D eigenvalue weighted by Gasteiger charge is -2.10. The second-order valence-corrected chi connectivity index (χ2v) is 5.81. The minimum atomic E-state index is -0.493. The fraction of sp³-hybridized carbons (Fsp3) is 0.167. The number of ether oxygens (including phenoxy) is 3. The smallest absolute Gasteiger partial charge is 0.343 e. The third-order valence-electron chi connectivity index (χ3n) is 3.26. The molecule has 0 spiro atoms. The van der Waals surface area contributed by atoms with Crippen molar-refractivity contribution in [1.29, 1.82) is 0 Å². The fourth-order valence-electron chi connectivity index (χ4n) is 1.95. The molecule has 0 bridgehead atoms. The molecule has 0 saturated heterocycles. The van der Waals surface area contributed by atoms with Gasteiger partial charge in [0.05, 0.1) is 26.0 Å². The zero-order valence-electron chi connectivity index (χ0n) is 14.2. The van der Waals surface area contributed by atoms with E-state index in [0.717, 1.165) is 0 Å².